The van der Waals surface area contributed by atoms with E-state index in [9.17, 15) is 14.9 Å². The van der Waals surface area contributed by atoms with Crippen molar-refractivity contribution in [1.82, 2.24) is 9.66 Å². The van der Waals surface area contributed by atoms with Crippen LogP contribution in [-0.4, -0.2) is 20.8 Å². The molecule has 4 aromatic rings. The van der Waals surface area contributed by atoms with E-state index in [4.69, 9.17) is 39.5 Å². The van der Waals surface area contributed by atoms with Crippen LogP contribution in [0.15, 0.2) is 62.9 Å². The molecule has 1 heterocycles. The maximum atomic E-state index is 13.4. The second-order valence-electron chi connectivity index (χ2n) is 8.43. The fraction of sp³-hybridized carbons (Fsp3) is 0.192. The molecule has 0 aliphatic carbocycles. The van der Waals surface area contributed by atoms with Gasteiger partial charge in [0.2, 0.25) is 5.75 Å². The Balaban J connectivity index is 1.84. The molecule has 1 aromatic heterocycles. The van der Waals surface area contributed by atoms with Crippen LogP contribution in [0.25, 0.3) is 10.9 Å². The summed E-state index contributed by atoms with van der Waals surface area (Å²) in [4.78, 5) is 29.4. The summed E-state index contributed by atoms with van der Waals surface area (Å²) in [6.45, 7) is 3.83. The van der Waals surface area contributed by atoms with E-state index in [0.29, 0.717) is 38.8 Å². The van der Waals surface area contributed by atoms with Crippen LogP contribution in [-0.2, 0) is 6.61 Å². The molecular formula is C26H20BrCl3N4O4. The van der Waals surface area contributed by atoms with Gasteiger partial charge in [-0.05, 0) is 42.8 Å². The number of nitrogens with zero attached hydrogens (tertiary/aromatic N) is 4. The van der Waals surface area contributed by atoms with Gasteiger partial charge in [0.25, 0.3) is 5.56 Å². The van der Waals surface area contributed by atoms with Gasteiger partial charge in [0.15, 0.2) is 0 Å². The number of halogens is 4. The number of nitro groups is 1. The van der Waals surface area contributed by atoms with Crippen LogP contribution < -0.4 is 10.3 Å². The smallest absolute Gasteiger partial charge is 0.313 e. The summed E-state index contributed by atoms with van der Waals surface area (Å²) < 4.78 is 7.79. The lowest BCUT2D eigenvalue weighted by Gasteiger charge is -2.14. The lowest BCUT2D eigenvalue weighted by Crippen LogP contribution is -2.23. The highest BCUT2D eigenvalue weighted by molar-refractivity contribution is 9.10. The molecule has 0 N–H and O–H groups in total. The molecule has 12 heteroatoms. The molecule has 196 valence electrons. The molecule has 0 unspecified atom stereocenters. The third-order valence-electron chi connectivity index (χ3n) is 5.85. The van der Waals surface area contributed by atoms with Crippen LogP contribution in [0.4, 0.5) is 5.69 Å². The minimum Gasteiger partial charge on any atom is -0.481 e. The van der Waals surface area contributed by atoms with Crippen LogP contribution >= 0.6 is 50.7 Å². The summed E-state index contributed by atoms with van der Waals surface area (Å²) in [5.74, 6) is 0.281. The van der Waals surface area contributed by atoms with Crippen molar-refractivity contribution >= 4 is 73.5 Å². The first-order chi connectivity index (χ1) is 18.1. The summed E-state index contributed by atoms with van der Waals surface area (Å²) in [7, 11) is 0. The number of ether oxygens (including phenoxy) is 1. The Bertz CT molecular complexity index is 1640. The van der Waals surface area contributed by atoms with Gasteiger partial charge in [0.1, 0.15) is 12.4 Å². The van der Waals surface area contributed by atoms with E-state index in [-0.39, 0.29) is 40.1 Å². The minimum atomic E-state index is -0.603. The number of rotatable bonds is 8. The zero-order valence-electron chi connectivity index (χ0n) is 20.1. The lowest BCUT2D eigenvalue weighted by atomic mass is 10.1. The third kappa shape index (κ3) is 6.02. The second kappa shape index (κ2) is 11.8. The Labute approximate surface area is 241 Å². The zero-order chi connectivity index (χ0) is 27.6. The lowest BCUT2D eigenvalue weighted by molar-refractivity contribution is -0.385. The largest absolute Gasteiger partial charge is 0.481 e. The molecule has 8 nitrogen and oxygen atoms in total. The molecule has 0 aliphatic heterocycles. The quantitative estimate of drug-likeness (QED) is 0.111. The van der Waals surface area contributed by atoms with E-state index < -0.39 is 4.92 Å². The first kappa shape index (κ1) is 28.0. The summed E-state index contributed by atoms with van der Waals surface area (Å²) in [6.07, 6.45) is 2.01. The van der Waals surface area contributed by atoms with Crippen LogP contribution in [0.2, 0.25) is 15.1 Å². The normalized spacial score (nSPS) is 12.3. The van der Waals surface area contributed by atoms with Crippen LogP contribution in [0.1, 0.15) is 43.1 Å². The molecule has 0 spiro atoms. The molecule has 38 heavy (non-hydrogen) atoms. The molecule has 0 aliphatic rings. The van der Waals surface area contributed by atoms with Gasteiger partial charge in [-0.1, -0.05) is 70.6 Å². The number of aromatic nitrogens is 2. The molecule has 0 radical (unpaired) electrons. The van der Waals surface area contributed by atoms with E-state index in [1.807, 2.05) is 19.9 Å². The Morgan fingerprint density at radius 2 is 1.92 bits per heavy atom. The standard InChI is InChI=1S/C26H20BrCl3N4O4/c1-3-14(2)25-32-22-7-5-17(27)9-20(22)26(35)33(25)31-12-16-8-19(29)11-23(34(36)37)24(16)38-13-15-4-6-18(28)10-21(15)30/h4-12,14H,3,13H2,1-2H3/t14-/m1/s1. The maximum Gasteiger partial charge on any atom is 0.313 e. The summed E-state index contributed by atoms with van der Waals surface area (Å²) >= 11 is 21.8. The van der Waals surface area contributed by atoms with Gasteiger partial charge in [-0.2, -0.15) is 9.78 Å². The highest BCUT2D eigenvalue weighted by Crippen LogP contribution is 2.35. The van der Waals surface area contributed by atoms with Crippen molar-refractivity contribution in [3.8, 4) is 5.75 Å². The number of nitro benzene ring substituents is 1. The summed E-state index contributed by atoms with van der Waals surface area (Å²) in [5.41, 5.74) is 0.574. The maximum absolute atomic E-state index is 13.4. The zero-order valence-corrected chi connectivity index (χ0v) is 24.0. The number of fused-ring (bicyclic) bond motifs is 1. The van der Waals surface area contributed by atoms with E-state index in [1.54, 1.807) is 30.3 Å². The van der Waals surface area contributed by atoms with E-state index >= 15 is 0 Å². The molecule has 0 saturated carbocycles. The average Bonchev–Trinajstić information content (AvgIpc) is 2.87. The third-order valence-corrected chi connectivity index (χ3v) is 7.14. The summed E-state index contributed by atoms with van der Waals surface area (Å²) in [5, 5.41) is 17.5. The van der Waals surface area contributed by atoms with Gasteiger partial charge in [0.05, 0.1) is 22.0 Å². The van der Waals surface area contributed by atoms with Gasteiger partial charge in [-0.3, -0.25) is 14.9 Å². The molecule has 4 rings (SSSR count). The minimum absolute atomic E-state index is 0.0798. The van der Waals surface area contributed by atoms with Crippen molar-refractivity contribution in [3.05, 3.63) is 105 Å². The van der Waals surface area contributed by atoms with Crippen LogP contribution in [0.3, 0.4) is 0 Å². The van der Waals surface area contributed by atoms with E-state index in [2.05, 4.69) is 26.0 Å². The molecule has 1 atom stereocenters. The van der Waals surface area contributed by atoms with Crippen LogP contribution in [0, 0.1) is 10.1 Å². The monoisotopic (exact) mass is 636 g/mol. The van der Waals surface area contributed by atoms with E-state index in [1.165, 1.54) is 23.0 Å². The van der Waals surface area contributed by atoms with Gasteiger partial charge in [-0.15, -0.1) is 0 Å². The average molecular weight is 639 g/mol. The highest BCUT2D eigenvalue weighted by atomic mass is 79.9. The molecular weight excluding hydrogens is 619 g/mol. The predicted molar refractivity (Wildman–Crippen MR) is 154 cm³/mol. The Morgan fingerprint density at radius 1 is 1.16 bits per heavy atom. The Morgan fingerprint density at radius 3 is 2.61 bits per heavy atom. The number of hydrogen-bond donors (Lipinski definition) is 0. The number of benzene rings is 3. The molecule has 0 amide bonds. The van der Waals surface area contributed by atoms with Crippen LogP contribution in [0.5, 0.6) is 5.75 Å². The fourth-order valence-corrected chi connectivity index (χ4v) is 4.72. The Hall–Kier alpha value is -2.98. The van der Waals surface area contributed by atoms with Gasteiger partial charge < -0.3 is 4.74 Å². The van der Waals surface area contributed by atoms with Gasteiger partial charge >= 0.3 is 5.69 Å². The molecule has 0 bridgehead atoms. The summed E-state index contributed by atoms with van der Waals surface area (Å²) in [6, 6.07) is 12.7. The van der Waals surface area contributed by atoms with Gasteiger partial charge in [0, 0.05) is 42.7 Å². The number of hydrogen-bond acceptors (Lipinski definition) is 6. The molecule has 3 aromatic carbocycles. The molecule has 0 saturated heterocycles. The first-order valence-electron chi connectivity index (χ1n) is 11.4. The van der Waals surface area contributed by atoms with Crippen molar-refractivity contribution in [3.63, 3.8) is 0 Å². The molecule has 0 fully saturated rings. The van der Waals surface area contributed by atoms with Crippen molar-refractivity contribution < 1.29 is 9.66 Å². The fourth-order valence-electron chi connectivity index (χ4n) is 3.68. The van der Waals surface area contributed by atoms with Crippen molar-refractivity contribution in [1.29, 1.82) is 0 Å². The Kier molecular flexibility index (Phi) is 8.72. The first-order valence-corrected chi connectivity index (χ1v) is 13.3. The van der Waals surface area contributed by atoms with Crippen molar-refractivity contribution in [2.75, 3.05) is 0 Å². The van der Waals surface area contributed by atoms with Crippen molar-refractivity contribution in [2.45, 2.75) is 32.8 Å². The topological polar surface area (TPSA) is 99.6 Å². The van der Waals surface area contributed by atoms with Crippen molar-refractivity contribution in [2.24, 2.45) is 5.10 Å². The van der Waals surface area contributed by atoms with E-state index in [0.717, 1.165) is 4.47 Å². The van der Waals surface area contributed by atoms with Gasteiger partial charge in [-0.25, -0.2) is 4.98 Å². The SMILES string of the molecule is CC[C@@H](C)c1nc2ccc(Br)cc2c(=O)n1N=Cc1cc(Cl)cc([N+](=O)[O-])c1OCc1ccc(Cl)cc1Cl. The highest BCUT2D eigenvalue weighted by Gasteiger charge is 2.22. The predicted octanol–water partition coefficient (Wildman–Crippen LogP) is 8.00. The second-order valence-corrected chi connectivity index (χ2v) is 10.6.